The highest BCUT2D eigenvalue weighted by Gasteiger charge is 2.20. The van der Waals surface area contributed by atoms with Gasteiger partial charge in [-0.2, -0.15) is 5.10 Å². The maximum absolute atomic E-state index is 12.6. The van der Waals surface area contributed by atoms with Gasteiger partial charge in [-0.3, -0.25) is 9.48 Å². The van der Waals surface area contributed by atoms with E-state index in [1.165, 1.54) is 10.7 Å². The third kappa shape index (κ3) is 4.58. The molecular formula is C14H23F2N3O. The summed E-state index contributed by atoms with van der Waals surface area (Å²) in [5.41, 5.74) is 0.277. The van der Waals surface area contributed by atoms with Crippen molar-refractivity contribution in [1.82, 2.24) is 15.1 Å². The van der Waals surface area contributed by atoms with Crippen molar-refractivity contribution in [2.24, 2.45) is 0 Å². The molecule has 1 unspecified atom stereocenters. The van der Waals surface area contributed by atoms with E-state index in [2.05, 4.69) is 17.3 Å². The molecule has 1 aromatic rings. The summed E-state index contributed by atoms with van der Waals surface area (Å²) >= 11 is 0. The Bertz CT molecular complexity index is 432. The number of alkyl halides is 2. The van der Waals surface area contributed by atoms with Gasteiger partial charge in [0.2, 0.25) is 5.91 Å². The standard InChI is InChI=1S/C14H23F2N3O/c1-4-5-6-7-8-17-14(20)11(3)19-10(2)9-12(18-19)13(15)16/h9,11,13H,4-8H2,1-3H3,(H,17,20). The van der Waals surface area contributed by atoms with E-state index in [4.69, 9.17) is 0 Å². The van der Waals surface area contributed by atoms with E-state index in [-0.39, 0.29) is 11.6 Å². The number of halogens is 2. The second-order valence-corrected chi connectivity index (χ2v) is 4.98. The molecule has 6 heteroatoms. The van der Waals surface area contributed by atoms with Crippen LogP contribution in [-0.2, 0) is 4.79 Å². The van der Waals surface area contributed by atoms with E-state index in [9.17, 15) is 13.6 Å². The van der Waals surface area contributed by atoms with Crippen LogP contribution in [0, 0.1) is 6.92 Å². The highest BCUT2D eigenvalue weighted by molar-refractivity contribution is 5.79. The summed E-state index contributed by atoms with van der Waals surface area (Å²) in [5.74, 6) is -0.187. The van der Waals surface area contributed by atoms with Crippen LogP contribution in [0.25, 0.3) is 0 Å². The number of rotatable bonds is 8. The fourth-order valence-corrected chi connectivity index (χ4v) is 2.03. The maximum Gasteiger partial charge on any atom is 0.282 e. The van der Waals surface area contributed by atoms with Gasteiger partial charge in [0.1, 0.15) is 11.7 Å². The molecule has 0 bridgehead atoms. The molecule has 4 nitrogen and oxygen atoms in total. The first-order valence-corrected chi connectivity index (χ1v) is 7.09. The molecule has 1 atom stereocenters. The van der Waals surface area contributed by atoms with E-state index in [1.54, 1.807) is 13.8 Å². The van der Waals surface area contributed by atoms with E-state index in [0.717, 1.165) is 25.7 Å². The zero-order valence-corrected chi connectivity index (χ0v) is 12.3. The number of nitrogens with zero attached hydrogens (tertiary/aromatic N) is 2. The second kappa shape index (κ2) is 7.97. The van der Waals surface area contributed by atoms with Crippen molar-refractivity contribution in [3.8, 4) is 0 Å². The first-order valence-electron chi connectivity index (χ1n) is 7.09. The number of nitrogens with one attached hydrogen (secondary N) is 1. The summed E-state index contributed by atoms with van der Waals surface area (Å²) in [7, 11) is 0. The number of aryl methyl sites for hydroxylation is 1. The van der Waals surface area contributed by atoms with E-state index < -0.39 is 12.5 Å². The molecule has 0 spiro atoms. The number of unbranched alkanes of at least 4 members (excludes halogenated alkanes) is 3. The number of amides is 1. The first-order chi connectivity index (χ1) is 9.47. The summed E-state index contributed by atoms with van der Waals surface area (Å²) in [6, 6.07) is 0.740. The molecule has 1 heterocycles. The average Bonchev–Trinajstić information content (AvgIpc) is 2.79. The molecule has 20 heavy (non-hydrogen) atoms. The van der Waals surface area contributed by atoms with Crippen molar-refractivity contribution in [2.45, 2.75) is 58.9 Å². The monoisotopic (exact) mass is 287 g/mol. The van der Waals surface area contributed by atoms with Crippen LogP contribution in [0.15, 0.2) is 6.07 Å². The number of hydrogen-bond acceptors (Lipinski definition) is 2. The predicted molar refractivity (Wildman–Crippen MR) is 73.8 cm³/mol. The average molecular weight is 287 g/mol. The normalized spacial score (nSPS) is 12.7. The smallest absolute Gasteiger partial charge is 0.282 e. The lowest BCUT2D eigenvalue weighted by molar-refractivity contribution is -0.124. The molecule has 0 aromatic carbocycles. The van der Waals surface area contributed by atoms with Crippen LogP contribution >= 0.6 is 0 Å². The van der Waals surface area contributed by atoms with Crippen LogP contribution in [0.2, 0.25) is 0 Å². The number of carbonyl (C=O) groups is 1. The fraction of sp³-hybridized carbons (Fsp3) is 0.714. The Hall–Kier alpha value is -1.46. The Balaban J connectivity index is 2.52. The van der Waals surface area contributed by atoms with Crippen molar-refractivity contribution in [2.75, 3.05) is 6.54 Å². The van der Waals surface area contributed by atoms with Gasteiger partial charge in [-0.25, -0.2) is 8.78 Å². The molecule has 0 saturated carbocycles. The van der Waals surface area contributed by atoms with Gasteiger partial charge < -0.3 is 5.32 Å². The molecule has 0 radical (unpaired) electrons. The summed E-state index contributed by atoms with van der Waals surface area (Å²) < 4.78 is 26.5. The Morgan fingerprint density at radius 1 is 1.40 bits per heavy atom. The fourth-order valence-electron chi connectivity index (χ4n) is 2.03. The van der Waals surface area contributed by atoms with E-state index in [1.807, 2.05) is 0 Å². The lowest BCUT2D eigenvalue weighted by atomic mass is 10.2. The van der Waals surface area contributed by atoms with Crippen molar-refractivity contribution in [1.29, 1.82) is 0 Å². The number of carbonyl (C=O) groups excluding carboxylic acids is 1. The van der Waals surface area contributed by atoms with Gasteiger partial charge in [-0.05, 0) is 26.3 Å². The van der Waals surface area contributed by atoms with Crippen LogP contribution in [0.4, 0.5) is 8.78 Å². The van der Waals surface area contributed by atoms with Gasteiger partial charge in [0.25, 0.3) is 6.43 Å². The summed E-state index contributed by atoms with van der Waals surface area (Å²) in [5, 5.41) is 6.61. The van der Waals surface area contributed by atoms with Crippen LogP contribution in [0.3, 0.4) is 0 Å². The minimum atomic E-state index is -2.61. The minimum absolute atomic E-state index is 0.187. The Morgan fingerprint density at radius 2 is 2.10 bits per heavy atom. The molecule has 1 rings (SSSR count). The molecular weight excluding hydrogens is 264 g/mol. The van der Waals surface area contributed by atoms with Gasteiger partial charge in [0, 0.05) is 12.2 Å². The summed E-state index contributed by atoms with van der Waals surface area (Å²) in [4.78, 5) is 11.9. The molecule has 0 saturated heterocycles. The highest BCUT2D eigenvalue weighted by Crippen LogP contribution is 2.20. The largest absolute Gasteiger partial charge is 0.354 e. The molecule has 0 fully saturated rings. The summed E-state index contributed by atoms with van der Waals surface area (Å²) in [6.07, 6.45) is 1.71. The van der Waals surface area contributed by atoms with E-state index in [0.29, 0.717) is 12.2 Å². The minimum Gasteiger partial charge on any atom is -0.354 e. The lowest BCUT2D eigenvalue weighted by Gasteiger charge is -2.14. The molecule has 114 valence electrons. The number of hydrogen-bond donors (Lipinski definition) is 1. The molecule has 0 aliphatic heterocycles. The Morgan fingerprint density at radius 3 is 2.65 bits per heavy atom. The van der Waals surface area contributed by atoms with Crippen molar-refractivity contribution in [3.63, 3.8) is 0 Å². The number of aromatic nitrogens is 2. The Labute approximate surface area is 118 Å². The van der Waals surface area contributed by atoms with Gasteiger partial charge >= 0.3 is 0 Å². The zero-order valence-electron chi connectivity index (χ0n) is 12.3. The van der Waals surface area contributed by atoms with Crippen molar-refractivity contribution >= 4 is 5.91 Å². The molecule has 1 N–H and O–H groups in total. The molecule has 1 amide bonds. The van der Waals surface area contributed by atoms with Crippen LogP contribution in [0.1, 0.15) is 63.4 Å². The second-order valence-electron chi connectivity index (χ2n) is 4.98. The van der Waals surface area contributed by atoms with E-state index >= 15 is 0 Å². The first kappa shape index (κ1) is 16.6. The van der Waals surface area contributed by atoms with Crippen LogP contribution < -0.4 is 5.32 Å². The SMILES string of the molecule is CCCCCCNC(=O)C(C)n1nc(C(F)F)cc1C. The van der Waals surface area contributed by atoms with Gasteiger partial charge in [0.05, 0.1) is 0 Å². The lowest BCUT2D eigenvalue weighted by Crippen LogP contribution is -2.32. The highest BCUT2D eigenvalue weighted by atomic mass is 19.3. The molecule has 0 aliphatic carbocycles. The maximum atomic E-state index is 12.6. The van der Waals surface area contributed by atoms with Gasteiger partial charge in [-0.15, -0.1) is 0 Å². The third-order valence-corrected chi connectivity index (χ3v) is 3.24. The third-order valence-electron chi connectivity index (χ3n) is 3.24. The molecule has 0 aliphatic rings. The summed E-state index contributed by atoms with van der Waals surface area (Å²) in [6.45, 7) is 6.08. The van der Waals surface area contributed by atoms with Gasteiger partial charge in [-0.1, -0.05) is 26.2 Å². The van der Waals surface area contributed by atoms with Crippen LogP contribution in [0.5, 0.6) is 0 Å². The van der Waals surface area contributed by atoms with Gasteiger partial charge in [0.15, 0.2) is 0 Å². The topological polar surface area (TPSA) is 46.9 Å². The predicted octanol–water partition coefficient (Wildman–Crippen LogP) is 3.39. The van der Waals surface area contributed by atoms with Crippen LogP contribution in [-0.4, -0.2) is 22.2 Å². The Kier molecular flexibility index (Phi) is 6.61. The quantitative estimate of drug-likeness (QED) is 0.745. The van der Waals surface area contributed by atoms with Crippen molar-refractivity contribution < 1.29 is 13.6 Å². The molecule has 1 aromatic heterocycles. The zero-order chi connectivity index (χ0) is 15.1. The van der Waals surface area contributed by atoms with Crippen molar-refractivity contribution in [3.05, 3.63) is 17.5 Å².